The highest BCUT2D eigenvalue weighted by molar-refractivity contribution is 6.11. The minimum absolute atomic E-state index is 0.0572. The Labute approximate surface area is 119 Å². The Balaban J connectivity index is 2.51. The van der Waals surface area contributed by atoms with Crippen LogP contribution in [0.15, 0.2) is 36.4 Å². The number of methoxy groups -OCH3 is 2. The first-order valence-corrected chi connectivity index (χ1v) is 6.40. The van der Waals surface area contributed by atoms with Gasteiger partial charge in [0.05, 0.1) is 19.8 Å². The molecule has 3 nitrogen and oxygen atoms in total. The Morgan fingerprint density at radius 1 is 0.900 bits per heavy atom. The molecule has 0 N–H and O–H groups in total. The van der Waals surface area contributed by atoms with Gasteiger partial charge < -0.3 is 9.47 Å². The molecule has 0 aliphatic carbocycles. The summed E-state index contributed by atoms with van der Waals surface area (Å²) in [5.74, 6) is 1.13. The van der Waals surface area contributed by atoms with Crippen molar-refractivity contribution in [3.05, 3.63) is 58.7 Å². The molecule has 0 saturated heterocycles. The van der Waals surface area contributed by atoms with Crippen molar-refractivity contribution in [2.45, 2.75) is 13.8 Å². The van der Waals surface area contributed by atoms with Gasteiger partial charge in [-0.15, -0.1) is 0 Å². The highest BCUT2D eigenvalue weighted by atomic mass is 16.5. The Hall–Kier alpha value is -2.29. The van der Waals surface area contributed by atoms with Crippen LogP contribution in [0, 0.1) is 13.8 Å². The number of ether oxygens (including phenoxy) is 2. The average Bonchev–Trinajstić information content (AvgIpc) is 2.46. The second-order valence-corrected chi connectivity index (χ2v) is 4.71. The van der Waals surface area contributed by atoms with E-state index in [1.54, 1.807) is 32.4 Å². The molecule has 0 bridgehead atoms. The number of hydrogen-bond acceptors (Lipinski definition) is 3. The molecule has 0 fully saturated rings. The van der Waals surface area contributed by atoms with Crippen molar-refractivity contribution in [1.82, 2.24) is 0 Å². The fourth-order valence-corrected chi connectivity index (χ4v) is 2.20. The van der Waals surface area contributed by atoms with Crippen LogP contribution in [0.1, 0.15) is 27.0 Å². The molecular formula is C17H18O3. The molecule has 2 aromatic carbocycles. The van der Waals surface area contributed by atoms with Gasteiger partial charge in [-0.3, -0.25) is 4.79 Å². The molecule has 104 valence electrons. The quantitative estimate of drug-likeness (QED) is 0.797. The molecule has 0 aliphatic rings. The summed E-state index contributed by atoms with van der Waals surface area (Å²) < 4.78 is 10.5. The molecule has 0 saturated carbocycles. The lowest BCUT2D eigenvalue weighted by atomic mass is 9.97. The first kappa shape index (κ1) is 14.1. The van der Waals surface area contributed by atoms with Gasteiger partial charge in [0.2, 0.25) is 0 Å². The van der Waals surface area contributed by atoms with Gasteiger partial charge in [0, 0.05) is 5.56 Å². The normalized spacial score (nSPS) is 10.2. The predicted molar refractivity (Wildman–Crippen MR) is 78.9 cm³/mol. The molecule has 0 unspecified atom stereocenters. The summed E-state index contributed by atoms with van der Waals surface area (Å²) in [4.78, 5) is 12.7. The third-order valence-corrected chi connectivity index (χ3v) is 3.28. The van der Waals surface area contributed by atoms with E-state index in [-0.39, 0.29) is 5.78 Å². The van der Waals surface area contributed by atoms with Crippen LogP contribution < -0.4 is 9.47 Å². The van der Waals surface area contributed by atoms with Gasteiger partial charge in [-0.25, -0.2) is 0 Å². The van der Waals surface area contributed by atoms with Crippen LogP contribution in [-0.4, -0.2) is 20.0 Å². The Bertz CT molecular complexity index is 645. The molecule has 0 atom stereocenters. The number of benzene rings is 2. The zero-order chi connectivity index (χ0) is 14.7. The lowest BCUT2D eigenvalue weighted by Gasteiger charge is -2.11. The van der Waals surface area contributed by atoms with Crippen molar-refractivity contribution in [2.24, 2.45) is 0 Å². The van der Waals surface area contributed by atoms with Gasteiger partial charge in [-0.05, 0) is 37.6 Å². The highest BCUT2D eigenvalue weighted by Crippen LogP contribution is 2.27. The fraction of sp³-hybridized carbons (Fsp3) is 0.235. The number of hydrogen-bond donors (Lipinski definition) is 0. The van der Waals surface area contributed by atoms with E-state index in [0.717, 1.165) is 11.1 Å². The van der Waals surface area contributed by atoms with Crippen molar-refractivity contribution in [1.29, 1.82) is 0 Å². The number of aryl methyl sites for hydroxylation is 2. The van der Waals surface area contributed by atoms with E-state index in [1.165, 1.54) is 0 Å². The van der Waals surface area contributed by atoms with Gasteiger partial charge in [-0.1, -0.05) is 23.8 Å². The van der Waals surface area contributed by atoms with Gasteiger partial charge in [0.25, 0.3) is 0 Å². The van der Waals surface area contributed by atoms with Crippen molar-refractivity contribution in [3.8, 4) is 11.5 Å². The van der Waals surface area contributed by atoms with Gasteiger partial charge in [-0.2, -0.15) is 0 Å². The maximum absolute atomic E-state index is 12.7. The average molecular weight is 270 g/mol. The molecule has 0 heterocycles. The summed E-state index contributed by atoms with van der Waals surface area (Å²) in [6.07, 6.45) is 0. The molecule has 2 aromatic rings. The highest BCUT2D eigenvalue weighted by Gasteiger charge is 2.17. The van der Waals surface area contributed by atoms with Crippen LogP contribution in [0.5, 0.6) is 11.5 Å². The minimum Gasteiger partial charge on any atom is -0.497 e. The molecule has 3 heteroatoms. The predicted octanol–water partition coefficient (Wildman–Crippen LogP) is 3.55. The summed E-state index contributed by atoms with van der Waals surface area (Å²) >= 11 is 0. The van der Waals surface area contributed by atoms with Gasteiger partial charge in [0.15, 0.2) is 5.78 Å². The van der Waals surface area contributed by atoms with Gasteiger partial charge in [0.1, 0.15) is 11.5 Å². The molecule has 2 rings (SSSR count). The number of rotatable bonds is 4. The van der Waals surface area contributed by atoms with Crippen LogP contribution in [0.2, 0.25) is 0 Å². The van der Waals surface area contributed by atoms with Crippen LogP contribution in [0.3, 0.4) is 0 Å². The van der Waals surface area contributed by atoms with E-state index in [2.05, 4.69) is 0 Å². The van der Waals surface area contributed by atoms with E-state index < -0.39 is 0 Å². The molecule has 0 aromatic heterocycles. The van der Waals surface area contributed by atoms with Crippen LogP contribution in [0.25, 0.3) is 0 Å². The second kappa shape index (κ2) is 5.78. The summed E-state index contributed by atoms with van der Waals surface area (Å²) in [6.45, 7) is 3.94. The van der Waals surface area contributed by atoms with Crippen molar-refractivity contribution >= 4 is 5.78 Å². The standard InChI is InChI=1S/C17H18O3/c1-11-5-7-14(12(2)9-11)17(18)15-10-13(19-3)6-8-16(15)20-4/h5-10H,1-4H3. The number of carbonyl (C=O) groups is 1. The summed E-state index contributed by atoms with van der Waals surface area (Å²) in [6, 6.07) is 11.0. The van der Waals surface area contributed by atoms with Crippen molar-refractivity contribution in [3.63, 3.8) is 0 Å². The zero-order valence-electron chi connectivity index (χ0n) is 12.2. The minimum atomic E-state index is -0.0572. The number of carbonyl (C=O) groups excluding carboxylic acids is 1. The topological polar surface area (TPSA) is 35.5 Å². The van der Waals surface area contributed by atoms with Gasteiger partial charge >= 0.3 is 0 Å². The summed E-state index contributed by atoms with van der Waals surface area (Å²) in [7, 11) is 3.13. The van der Waals surface area contributed by atoms with Crippen molar-refractivity contribution < 1.29 is 14.3 Å². The third kappa shape index (κ3) is 2.67. The zero-order valence-corrected chi connectivity index (χ0v) is 12.2. The molecular weight excluding hydrogens is 252 g/mol. The molecule has 0 spiro atoms. The van der Waals surface area contributed by atoms with E-state index in [9.17, 15) is 4.79 Å². The lowest BCUT2D eigenvalue weighted by molar-refractivity contribution is 0.103. The third-order valence-electron chi connectivity index (χ3n) is 3.28. The maximum atomic E-state index is 12.7. The monoisotopic (exact) mass is 270 g/mol. The van der Waals surface area contributed by atoms with E-state index >= 15 is 0 Å². The Morgan fingerprint density at radius 2 is 1.65 bits per heavy atom. The van der Waals surface area contributed by atoms with Crippen LogP contribution in [0.4, 0.5) is 0 Å². The largest absolute Gasteiger partial charge is 0.497 e. The van der Waals surface area contributed by atoms with E-state index in [0.29, 0.717) is 22.6 Å². The molecule has 0 aliphatic heterocycles. The first-order valence-electron chi connectivity index (χ1n) is 6.40. The maximum Gasteiger partial charge on any atom is 0.197 e. The SMILES string of the molecule is COc1ccc(OC)c(C(=O)c2ccc(C)cc2C)c1. The molecule has 0 amide bonds. The van der Waals surface area contributed by atoms with E-state index in [1.807, 2.05) is 32.0 Å². The Morgan fingerprint density at radius 3 is 2.25 bits per heavy atom. The number of ketones is 1. The second-order valence-electron chi connectivity index (χ2n) is 4.71. The smallest absolute Gasteiger partial charge is 0.197 e. The van der Waals surface area contributed by atoms with Crippen LogP contribution in [-0.2, 0) is 0 Å². The summed E-state index contributed by atoms with van der Waals surface area (Å²) in [5.41, 5.74) is 3.29. The molecule has 20 heavy (non-hydrogen) atoms. The lowest BCUT2D eigenvalue weighted by Crippen LogP contribution is -2.06. The van der Waals surface area contributed by atoms with Crippen LogP contribution >= 0.6 is 0 Å². The fourth-order valence-electron chi connectivity index (χ4n) is 2.20. The Kier molecular flexibility index (Phi) is 4.08. The van der Waals surface area contributed by atoms with E-state index in [4.69, 9.17) is 9.47 Å². The summed E-state index contributed by atoms with van der Waals surface area (Å²) in [5, 5.41) is 0. The van der Waals surface area contributed by atoms with Crippen molar-refractivity contribution in [2.75, 3.05) is 14.2 Å². The first-order chi connectivity index (χ1) is 9.56. The molecule has 0 radical (unpaired) electrons.